The molecule has 2 aromatic rings. The molecule has 0 atom stereocenters. The van der Waals surface area contributed by atoms with E-state index in [1.807, 2.05) is 32.0 Å². The van der Waals surface area contributed by atoms with Crippen LogP contribution in [0.4, 0.5) is 11.4 Å². The van der Waals surface area contributed by atoms with Crippen LogP contribution in [-0.4, -0.2) is 18.4 Å². The number of nitrogens with one attached hydrogen (secondary N) is 1. The molecule has 0 unspecified atom stereocenters. The van der Waals surface area contributed by atoms with Crippen LogP contribution < -0.4 is 10.2 Å². The number of carbonyl (C=O) groups is 2. The van der Waals surface area contributed by atoms with E-state index >= 15 is 0 Å². The van der Waals surface area contributed by atoms with Gasteiger partial charge in [0.25, 0.3) is 0 Å². The van der Waals surface area contributed by atoms with E-state index in [0.717, 1.165) is 11.1 Å². The van der Waals surface area contributed by atoms with Gasteiger partial charge in [0.15, 0.2) is 0 Å². The van der Waals surface area contributed by atoms with Gasteiger partial charge in [-0.2, -0.15) is 0 Å². The number of nitrogens with zero attached hydrogens (tertiary/aromatic N) is 1. The minimum atomic E-state index is -0.353. The Kier molecular flexibility index (Phi) is 5.86. The first kappa shape index (κ1) is 18.3. The number of amides is 2. The lowest BCUT2D eigenvalue weighted by Gasteiger charge is -2.22. The molecule has 0 aromatic heterocycles. The lowest BCUT2D eigenvalue weighted by Crippen LogP contribution is -2.36. The summed E-state index contributed by atoms with van der Waals surface area (Å²) >= 11 is 12.0. The van der Waals surface area contributed by atoms with Crippen LogP contribution in [0.3, 0.4) is 0 Å². The van der Waals surface area contributed by atoms with E-state index in [9.17, 15) is 9.59 Å². The Morgan fingerprint density at radius 2 is 1.67 bits per heavy atom. The Morgan fingerprint density at radius 1 is 1.04 bits per heavy atom. The van der Waals surface area contributed by atoms with Crippen molar-refractivity contribution in [2.75, 3.05) is 16.8 Å². The molecule has 4 nitrogen and oxygen atoms in total. The summed E-state index contributed by atoms with van der Waals surface area (Å²) in [5.74, 6) is -0.569. The van der Waals surface area contributed by atoms with Gasteiger partial charge in [0.05, 0.1) is 10.7 Å². The van der Waals surface area contributed by atoms with E-state index in [2.05, 4.69) is 5.32 Å². The first-order valence-corrected chi connectivity index (χ1v) is 8.13. The van der Waals surface area contributed by atoms with Gasteiger partial charge in [-0.1, -0.05) is 29.3 Å². The van der Waals surface area contributed by atoms with Crippen molar-refractivity contribution in [3.05, 3.63) is 57.6 Å². The molecule has 0 bridgehead atoms. The Morgan fingerprint density at radius 3 is 2.25 bits per heavy atom. The van der Waals surface area contributed by atoms with Gasteiger partial charge < -0.3 is 10.2 Å². The average Bonchev–Trinajstić information content (AvgIpc) is 2.47. The molecule has 0 radical (unpaired) electrons. The van der Waals surface area contributed by atoms with Crippen LogP contribution in [0, 0.1) is 13.8 Å². The average molecular weight is 365 g/mol. The zero-order chi connectivity index (χ0) is 17.9. The number of hydrogen-bond acceptors (Lipinski definition) is 2. The van der Waals surface area contributed by atoms with Crippen molar-refractivity contribution in [1.29, 1.82) is 0 Å². The molecular formula is C18H18Cl2N2O2. The quantitative estimate of drug-likeness (QED) is 0.861. The second-order valence-corrected chi connectivity index (χ2v) is 6.47. The fourth-order valence-corrected chi connectivity index (χ4v) is 2.75. The zero-order valence-electron chi connectivity index (χ0n) is 13.7. The second-order valence-electron chi connectivity index (χ2n) is 5.62. The van der Waals surface area contributed by atoms with Gasteiger partial charge in [-0.3, -0.25) is 9.59 Å². The van der Waals surface area contributed by atoms with Gasteiger partial charge in [-0.05, 0) is 55.3 Å². The van der Waals surface area contributed by atoms with Crippen LogP contribution in [0.5, 0.6) is 0 Å². The molecule has 2 amide bonds. The first-order chi connectivity index (χ1) is 11.3. The highest BCUT2D eigenvalue weighted by molar-refractivity contribution is 6.35. The minimum absolute atomic E-state index is 0.110. The third-order valence-corrected chi connectivity index (χ3v) is 3.97. The summed E-state index contributed by atoms with van der Waals surface area (Å²) in [6.45, 7) is 5.21. The maximum absolute atomic E-state index is 12.3. The normalized spacial score (nSPS) is 10.4. The predicted molar refractivity (Wildman–Crippen MR) is 99.0 cm³/mol. The molecule has 0 fully saturated rings. The van der Waals surface area contributed by atoms with Crippen LogP contribution in [0.2, 0.25) is 10.0 Å². The van der Waals surface area contributed by atoms with E-state index in [4.69, 9.17) is 23.2 Å². The SMILES string of the molecule is CC(=O)N(CC(=O)Nc1cc(Cl)ccc1Cl)c1cc(C)cc(C)c1. The van der Waals surface area contributed by atoms with Crippen LogP contribution in [0.15, 0.2) is 36.4 Å². The van der Waals surface area contributed by atoms with Crippen LogP contribution in [0.25, 0.3) is 0 Å². The van der Waals surface area contributed by atoms with Gasteiger partial charge in [-0.15, -0.1) is 0 Å². The summed E-state index contributed by atoms with van der Waals surface area (Å²) in [7, 11) is 0. The maximum Gasteiger partial charge on any atom is 0.244 e. The zero-order valence-corrected chi connectivity index (χ0v) is 15.2. The van der Waals surface area contributed by atoms with Crippen molar-refractivity contribution in [1.82, 2.24) is 0 Å². The summed E-state index contributed by atoms with van der Waals surface area (Å²) in [5, 5.41) is 3.53. The topological polar surface area (TPSA) is 49.4 Å². The number of hydrogen-bond donors (Lipinski definition) is 1. The molecule has 2 rings (SSSR count). The Bertz CT molecular complexity index is 770. The van der Waals surface area contributed by atoms with Crippen LogP contribution in [0.1, 0.15) is 18.1 Å². The number of halogens is 2. The molecule has 1 N–H and O–H groups in total. The Labute approximate surface area is 151 Å². The highest BCUT2D eigenvalue weighted by Crippen LogP contribution is 2.25. The molecule has 24 heavy (non-hydrogen) atoms. The van der Waals surface area contributed by atoms with Crippen LogP contribution in [-0.2, 0) is 9.59 Å². The van der Waals surface area contributed by atoms with Crippen molar-refractivity contribution in [2.45, 2.75) is 20.8 Å². The molecule has 6 heteroatoms. The monoisotopic (exact) mass is 364 g/mol. The number of rotatable bonds is 4. The predicted octanol–water partition coefficient (Wildman–Crippen LogP) is 4.60. The third-order valence-electron chi connectivity index (χ3n) is 3.40. The summed E-state index contributed by atoms with van der Waals surface area (Å²) in [6.07, 6.45) is 0. The van der Waals surface area contributed by atoms with E-state index in [1.165, 1.54) is 11.8 Å². The van der Waals surface area contributed by atoms with Gasteiger partial charge in [0.2, 0.25) is 11.8 Å². The smallest absolute Gasteiger partial charge is 0.244 e. The van der Waals surface area contributed by atoms with Crippen LogP contribution >= 0.6 is 23.2 Å². The molecule has 0 aliphatic heterocycles. The van der Waals surface area contributed by atoms with Gasteiger partial charge >= 0.3 is 0 Å². The highest BCUT2D eigenvalue weighted by atomic mass is 35.5. The number of aryl methyl sites for hydroxylation is 2. The van der Waals surface area contributed by atoms with E-state index in [1.54, 1.807) is 18.2 Å². The molecule has 0 spiro atoms. The van der Waals surface area contributed by atoms with E-state index in [0.29, 0.717) is 21.4 Å². The lowest BCUT2D eigenvalue weighted by molar-refractivity contribution is -0.120. The Balaban J connectivity index is 2.20. The first-order valence-electron chi connectivity index (χ1n) is 7.37. The third kappa shape index (κ3) is 4.73. The molecule has 2 aromatic carbocycles. The second kappa shape index (κ2) is 7.69. The van der Waals surface area contributed by atoms with Gasteiger partial charge in [-0.25, -0.2) is 0 Å². The van der Waals surface area contributed by atoms with Crippen molar-refractivity contribution in [3.63, 3.8) is 0 Å². The maximum atomic E-state index is 12.3. The van der Waals surface area contributed by atoms with Gasteiger partial charge in [0.1, 0.15) is 6.54 Å². The van der Waals surface area contributed by atoms with Gasteiger partial charge in [0, 0.05) is 17.6 Å². The number of benzene rings is 2. The minimum Gasteiger partial charge on any atom is -0.323 e. The summed E-state index contributed by atoms with van der Waals surface area (Å²) < 4.78 is 0. The van der Waals surface area contributed by atoms with Crippen molar-refractivity contribution in [2.24, 2.45) is 0 Å². The summed E-state index contributed by atoms with van der Waals surface area (Å²) in [5.41, 5.74) is 3.15. The highest BCUT2D eigenvalue weighted by Gasteiger charge is 2.17. The molecule has 0 aliphatic carbocycles. The summed E-state index contributed by atoms with van der Waals surface area (Å²) in [4.78, 5) is 25.7. The van der Waals surface area contributed by atoms with Crippen molar-refractivity contribution < 1.29 is 9.59 Å². The number of carbonyl (C=O) groups excluding carboxylic acids is 2. The fourth-order valence-electron chi connectivity index (χ4n) is 2.42. The van der Waals surface area contributed by atoms with E-state index in [-0.39, 0.29) is 18.4 Å². The lowest BCUT2D eigenvalue weighted by atomic mass is 10.1. The molecule has 0 aliphatic rings. The Hall–Kier alpha value is -2.04. The summed E-state index contributed by atoms with van der Waals surface area (Å²) in [6, 6.07) is 10.6. The number of anilines is 2. The van der Waals surface area contributed by atoms with Crippen molar-refractivity contribution >= 4 is 46.4 Å². The van der Waals surface area contributed by atoms with Crippen molar-refractivity contribution in [3.8, 4) is 0 Å². The largest absolute Gasteiger partial charge is 0.323 e. The molecule has 0 saturated heterocycles. The molecule has 126 valence electrons. The molecule has 0 saturated carbocycles. The molecular weight excluding hydrogens is 347 g/mol. The fraction of sp³-hybridized carbons (Fsp3) is 0.222. The molecule has 0 heterocycles. The van der Waals surface area contributed by atoms with E-state index < -0.39 is 0 Å². The standard InChI is InChI=1S/C18H18Cl2N2O2/c1-11-6-12(2)8-15(7-11)22(13(3)23)10-18(24)21-17-9-14(19)4-5-16(17)20/h4-9H,10H2,1-3H3,(H,21,24).